The van der Waals surface area contributed by atoms with Gasteiger partial charge in [-0.1, -0.05) is 168 Å². The van der Waals surface area contributed by atoms with Gasteiger partial charge in [-0.25, -0.2) is 4.79 Å². The van der Waals surface area contributed by atoms with Gasteiger partial charge in [0.15, 0.2) is 6.04 Å². The van der Waals surface area contributed by atoms with Gasteiger partial charge < -0.3 is 30.4 Å². The summed E-state index contributed by atoms with van der Waals surface area (Å²) in [6.07, 6.45) is 31.9. The molecule has 0 aromatic carbocycles. The van der Waals surface area contributed by atoms with Crippen LogP contribution in [0, 0.1) is 0 Å². The second kappa shape index (κ2) is 38.4. The Morgan fingerprint density at radius 1 is 0.604 bits per heavy atom. The van der Waals surface area contributed by atoms with Crippen LogP contribution in [-0.2, 0) is 33.4 Å². The number of methoxy groups -OCH3 is 1. The average molecular weight is 773 g/mol. The third-order valence-corrected chi connectivity index (χ3v) is 10.8. The molecule has 3 atom stereocenters. The van der Waals surface area contributed by atoms with E-state index in [9.17, 15) is 24.3 Å². The second-order valence-electron chi connectivity index (χ2n) is 14.7. The van der Waals surface area contributed by atoms with Gasteiger partial charge >= 0.3 is 17.9 Å². The summed E-state index contributed by atoms with van der Waals surface area (Å²) in [5.74, 6) is -1.54. The van der Waals surface area contributed by atoms with Gasteiger partial charge in [0.05, 0.1) is 19.8 Å². The van der Waals surface area contributed by atoms with Gasteiger partial charge in [-0.05, 0) is 12.8 Å². The van der Waals surface area contributed by atoms with Gasteiger partial charge in [-0.2, -0.15) is 11.8 Å². The summed E-state index contributed by atoms with van der Waals surface area (Å²) in [6, 6.07) is -2.17. The highest BCUT2D eigenvalue weighted by Crippen LogP contribution is 2.16. The number of nitrogens with one attached hydrogen (secondary N) is 1. The number of rotatable bonds is 39. The number of nitrogens with two attached hydrogens (primary N) is 1. The van der Waals surface area contributed by atoms with Crippen LogP contribution in [0.5, 0.6) is 0 Å². The third kappa shape index (κ3) is 33.2. The first-order chi connectivity index (χ1) is 25.8. The first-order valence-electron chi connectivity index (χ1n) is 21.5. The van der Waals surface area contributed by atoms with Gasteiger partial charge in [-0.15, -0.1) is 0 Å². The SMILES string of the molecule is CCCCCCCCCCCCCCCC(=O)OC[C@H](CSC[C@H](N)C(=O)N[C@@H](CO)C(=O)OC)OC(=O)CCCCCCCCCCCCCCC. The van der Waals surface area contributed by atoms with Crippen molar-refractivity contribution in [3.8, 4) is 0 Å². The van der Waals surface area contributed by atoms with Crippen LogP contribution in [0.1, 0.15) is 194 Å². The predicted octanol–water partition coefficient (Wildman–Crippen LogP) is 9.11. The van der Waals surface area contributed by atoms with Crippen molar-refractivity contribution in [2.45, 2.75) is 212 Å². The molecular weight excluding hydrogens is 693 g/mol. The minimum atomic E-state index is -1.20. The van der Waals surface area contributed by atoms with E-state index in [0.29, 0.717) is 12.8 Å². The predicted molar refractivity (Wildman–Crippen MR) is 218 cm³/mol. The first-order valence-corrected chi connectivity index (χ1v) is 22.6. The van der Waals surface area contributed by atoms with Gasteiger partial charge in [0.2, 0.25) is 5.91 Å². The first kappa shape index (κ1) is 51.1. The van der Waals surface area contributed by atoms with Crippen LogP contribution in [0.3, 0.4) is 0 Å². The Bertz CT molecular complexity index is 893. The fraction of sp³-hybridized carbons (Fsp3) is 0.905. The number of esters is 3. The van der Waals surface area contributed by atoms with E-state index in [1.54, 1.807) is 0 Å². The van der Waals surface area contributed by atoms with Crippen LogP contribution in [0.2, 0.25) is 0 Å². The zero-order valence-corrected chi connectivity index (χ0v) is 35.0. The van der Waals surface area contributed by atoms with E-state index in [4.69, 9.17) is 15.2 Å². The normalized spacial score (nSPS) is 12.9. The molecule has 4 N–H and O–H groups in total. The van der Waals surface area contributed by atoms with Crippen LogP contribution >= 0.6 is 11.8 Å². The van der Waals surface area contributed by atoms with E-state index in [1.165, 1.54) is 147 Å². The monoisotopic (exact) mass is 773 g/mol. The van der Waals surface area contributed by atoms with Crippen molar-refractivity contribution in [1.82, 2.24) is 5.32 Å². The van der Waals surface area contributed by atoms with E-state index in [2.05, 4.69) is 23.9 Å². The number of carbonyl (C=O) groups is 4. The Hall–Kier alpha value is -1.85. The van der Waals surface area contributed by atoms with E-state index < -0.39 is 36.7 Å². The van der Waals surface area contributed by atoms with Crippen LogP contribution in [0.4, 0.5) is 0 Å². The Balaban J connectivity index is 4.49. The van der Waals surface area contributed by atoms with E-state index in [1.807, 2.05) is 0 Å². The number of carbonyl (C=O) groups excluding carboxylic acids is 4. The maximum absolute atomic E-state index is 12.7. The lowest BCUT2D eigenvalue weighted by Crippen LogP contribution is -2.51. The van der Waals surface area contributed by atoms with Crippen molar-refractivity contribution >= 4 is 35.6 Å². The topological polar surface area (TPSA) is 154 Å². The largest absolute Gasteiger partial charge is 0.467 e. The molecule has 1 amide bonds. The fourth-order valence-electron chi connectivity index (χ4n) is 6.20. The van der Waals surface area contributed by atoms with E-state index in [0.717, 1.165) is 38.5 Å². The molecular formula is C42H80N2O8S. The summed E-state index contributed by atoms with van der Waals surface area (Å²) in [5, 5.41) is 11.8. The van der Waals surface area contributed by atoms with Crippen molar-refractivity contribution in [3.63, 3.8) is 0 Å². The van der Waals surface area contributed by atoms with Crippen molar-refractivity contribution in [1.29, 1.82) is 0 Å². The van der Waals surface area contributed by atoms with Crippen LogP contribution in [-0.4, -0.2) is 78.9 Å². The van der Waals surface area contributed by atoms with Gasteiger partial charge in [0.25, 0.3) is 0 Å². The summed E-state index contributed by atoms with van der Waals surface area (Å²) in [5.41, 5.74) is 6.01. The Kier molecular flexibility index (Phi) is 37.1. The molecule has 0 aliphatic heterocycles. The summed E-state index contributed by atoms with van der Waals surface area (Å²) in [7, 11) is 1.17. The molecule has 53 heavy (non-hydrogen) atoms. The highest BCUT2D eigenvalue weighted by Gasteiger charge is 2.24. The van der Waals surface area contributed by atoms with E-state index in [-0.39, 0.29) is 30.1 Å². The molecule has 0 saturated carbocycles. The van der Waals surface area contributed by atoms with Crippen molar-refractivity contribution in [2.75, 3.05) is 31.8 Å². The smallest absolute Gasteiger partial charge is 0.330 e. The molecule has 312 valence electrons. The average Bonchev–Trinajstić information content (AvgIpc) is 3.15. The molecule has 0 radical (unpaired) electrons. The van der Waals surface area contributed by atoms with Crippen LogP contribution in [0.15, 0.2) is 0 Å². The standard InChI is InChI=1S/C42H80N2O8S/c1-4-6-8-10-12-14-16-18-20-22-24-26-28-30-39(46)51-33-36(34-53-35-37(43)41(48)44-38(32-45)42(49)50-3)52-40(47)31-29-27-25-23-21-19-17-15-13-11-9-7-5-2/h36-38,45H,4-35,43H2,1-3H3,(H,44,48)/t36-,37+,38+/m1/s1. The molecule has 0 saturated heterocycles. The molecule has 11 heteroatoms. The summed E-state index contributed by atoms with van der Waals surface area (Å²) < 4.78 is 15.8. The molecule has 0 aromatic heterocycles. The van der Waals surface area contributed by atoms with E-state index >= 15 is 0 Å². The maximum Gasteiger partial charge on any atom is 0.330 e. The van der Waals surface area contributed by atoms with Crippen molar-refractivity contribution in [3.05, 3.63) is 0 Å². The van der Waals surface area contributed by atoms with Gasteiger partial charge in [-0.3, -0.25) is 14.4 Å². The highest BCUT2D eigenvalue weighted by atomic mass is 32.2. The summed E-state index contributed by atoms with van der Waals surface area (Å²) >= 11 is 1.29. The molecule has 0 unspecified atom stereocenters. The Labute approximate surface area is 327 Å². The number of hydrogen-bond acceptors (Lipinski definition) is 10. The molecule has 10 nitrogen and oxygen atoms in total. The minimum Gasteiger partial charge on any atom is -0.467 e. The Morgan fingerprint density at radius 3 is 1.40 bits per heavy atom. The quantitative estimate of drug-likeness (QED) is 0.0313. The molecule has 0 rings (SSSR count). The zero-order chi connectivity index (χ0) is 39.2. The minimum absolute atomic E-state index is 0.0506. The maximum atomic E-state index is 12.7. The molecule has 0 aliphatic rings. The number of hydrogen-bond donors (Lipinski definition) is 3. The molecule has 0 fully saturated rings. The van der Waals surface area contributed by atoms with Gasteiger partial charge in [0.1, 0.15) is 12.7 Å². The third-order valence-electron chi connectivity index (χ3n) is 9.62. The lowest BCUT2D eigenvalue weighted by Gasteiger charge is -2.20. The zero-order valence-electron chi connectivity index (χ0n) is 34.2. The van der Waals surface area contributed by atoms with Crippen LogP contribution < -0.4 is 11.1 Å². The Morgan fingerprint density at radius 2 is 1.00 bits per heavy atom. The lowest BCUT2D eigenvalue weighted by molar-refractivity contribution is -0.157. The fourth-order valence-corrected chi connectivity index (χ4v) is 7.16. The molecule has 0 aliphatic carbocycles. The molecule has 0 bridgehead atoms. The number of aliphatic hydroxyl groups is 1. The van der Waals surface area contributed by atoms with Crippen molar-refractivity contribution < 1.29 is 38.5 Å². The molecule has 0 heterocycles. The van der Waals surface area contributed by atoms with Crippen molar-refractivity contribution in [2.24, 2.45) is 5.73 Å². The summed E-state index contributed by atoms with van der Waals surface area (Å²) in [6.45, 7) is 3.84. The highest BCUT2D eigenvalue weighted by molar-refractivity contribution is 7.99. The van der Waals surface area contributed by atoms with Crippen LogP contribution in [0.25, 0.3) is 0 Å². The number of thioether (sulfide) groups is 1. The number of amides is 1. The lowest BCUT2D eigenvalue weighted by atomic mass is 10.0. The number of ether oxygens (including phenoxy) is 3. The number of aliphatic hydroxyl groups excluding tert-OH is 1. The molecule has 0 aromatic rings. The molecule has 0 spiro atoms. The van der Waals surface area contributed by atoms with Gasteiger partial charge in [0, 0.05) is 24.3 Å². The summed E-state index contributed by atoms with van der Waals surface area (Å²) in [4.78, 5) is 49.4. The number of unbranched alkanes of at least 4 members (excludes halogenated alkanes) is 24. The second-order valence-corrected chi connectivity index (χ2v) is 15.8.